The molecule has 5 rings (SSSR count). The lowest BCUT2D eigenvalue weighted by atomic mass is 10.0. The third-order valence-corrected chi connectivity index (χ3v) is 6.78. The maximum absolute atomic E-state index is 12.9. The Morgan fingerprint density at radius 3 is 2.66 bits per heavy atom. The van der Waals surface area contributed by atoms with Crippen LogP contribution in [-0.2, 0) is 11.2 Å². The Bertz CT molecular complexity index is 1190. The number of rotatable bonds is 3. The molecule has 1 aromatic heterocycles. The Balaban J connectivity index is 1.26. The van der Waals surface area contributed by atoms with Gasteiger partial charge in [0.25, 0.3) is 0 Å². The molecule has 0 bridgehead atoms. The van der Waals surface area contributed by atoms with Gasteiger partial charge in [0.1, 0.15) is 0 Å². The van der Waals surface area contributed by atoms with E-state index in [4.69, 9.17) is 16.6 Å². The first kappa shape index (κ1) is 18.4. The Morgan fingerprint density at radius 1 is 1.00 bits per heavy atom. The van der Waals surface area contributed by atoms with E-state index in [-0.39, 0.29) is 5.91 Å². The van der Waals surface area contributed by atoms with E-state index >= 15 is 0 Å². The number of benzene rings is 3. The molecule has 0 radical (unpaired) electrons. The maximum atomic E-state index is 12.9. The maximum Gasteiger partial charge on any atom is 0.227 e. The van der Waals surface area contributed by atoms with E-state index in [1.54, 1.807) is 11.3 Å². The number of nitrogens with zero attached hydrogens (tertiary/aromatic N) is 3. The standard InChI is InChI=1S/C23H20ClN3OS/c24-18-8-9-20-21(15-18)29-23(25-20)27-12-10-26(11-13-27)22(28)14-17-6-3-5-16-4-1-2-7-19(16)17/h1-9,15H,10-14H2. The Labute approximate surface area is 178 Å². The molecule has 29 heavy (non-hydrogen) atoms. The minimum Gasteiger partial charge on any atom is -0.345 e. The largest absolute Gasteiger partial charge is 0.345 e. The summed E-state index contributed by atoms with van der Waals surface area (Å²) in [5.74, 6) is 0.192. The van der Waals surface area contributed by atoms with Crippen LogP contribution in [0.1, 0.15) is 5.56 Å². The number of fused-ring (bicyclic) bond motifs is 2. The summed E-state index contributed by atoms with van der Waals surface area (Å²) in [6, 6.07) is 20.2. The van der Waals surface area contributed by atoms with Gasteiger partial charge >= 0.3 is 0 Å². The summed E-state index contributed by atoms with van der Waals surface area (Å²) in [5, 5.41) is 4.08. The molecule has 2 heterocycles. The quantitative estimate of drug-likeness (QED) is 0.467. The molecule has 0 saturated carbocycles. The second kappa shape index (κ2) is 7.65. The predicted octanol–water partition coefficient (Wildman–Crippen LogP) is 4.99. The van der Waals surface area contributed by atoms with Gasteiger partial charge in [-0.1, -0.05) is 65.4 Å². The molecule has 146 valence electrons. The van der Waals surface area contributed by atoms with Crippen molar-refractivity contribution in [3.8, 4) is 0 Å². The molecule has 0 N–H and O–H groups in total. The van der Waals surface area contributed by atoms with Crippen molar-refractivity contribution in [2.24, 2.45) is 0 Å². The zero-order valence-corrected chi connectivity index (χ0v) is 17.4. The average Bonchev–Trinajstić information content (AvgIpc) is 3.17. The molecular formula is C23H20ClN3OS. The summed E-state index contributed by atoms with van der Waals surface area (Å²) in [7, 11) is 0. The highest BCUT2D eigenvalue weighted by Crippen LogP contribution is 2.31. The zero-order chi connectivity index (χ0) is 19.8. The molecular weight excluding hydrogens is 402 g/mol. The monoisotopic (exact) mass is 421 g/mol. The van der Waals surface area contributed by atoms with Crippen LogP contribution in [-0.4, -0.2) is 42.0 Å². The highest BCUT2D eigenvalue weighted by molar-refractivity contribution is 7.22. The van der Waals surface area contributed by atoms with Crippen molar-refractivity contribution in [1.82, 2.24) is 9.88 Å². The normalized spacial score (nSPS) is 14.7. The third kappa shape index (κ3) is 3.68. The number of carbonyl (C=O) groups is 1. The van der Waals surface area contributed by atoms with Crippen LogP contribution in [0.15, 0.2) is 60.7 Å². The first-order chi connectivity index (χ1) is 14.2. The molecule has 1 fully saturated rings. The fourth-order valence-electron chi connectivity index (χ4n) is 3.89. The molecule has 1 amide bonds. The number of carbonyl (C=O) groups excluding carboxylic acids is 1. The van der Waals surface area contributed by atoms with Gasteiger partial charge in [0.2, 0.25) is 5.91 Å². The van der Waals surface area contributed by atoms with Crippen molar-refractivity contribution >= 4 is 55.0 Å². The van der Waals surface area contributed by atoms with Crippen LogP contribution in [0, 0.1) is 0 Å². The van der Waals surface area contributed by atoms with E-state index in [9.17, 15) is 4.79 Å². The lowest BCUT2D eigenvalue weighted by Crippen LogP contribution is -2.49. The predicted molar refractivity (Wildman–Crippen MR) is 121 cm³/mol. The zero-order valence-electron chi connectivity index (χ0n) is 15.8. The third-order valence-electron chi connectivity index (χ3n) is 5.46. The molecule has 4 nitrogen and oxygen atoms in total. The van der Waals surface area contributed by atoms with Crippen molar-refractivity contribution in [1.29, 1.82) is 0 Å². The molecule has 1 aliphatic rings. The number of anilines is 1. The smallest absolute Gasteiger partial charge is 0.227 e. The van der Waals surface area contributed by atoms with E-state index in [2.05, 4.69) is 29.2 Å². The lowest BCUT2D eigenvalue weighted by Gasteiger charge is -2.34. The first-order valence-corrected chi connectivity index (χ1v) is 10.9. The Morgan fingerprint density at radius 2 is 1.79 bits per heavy atom. The van der Waals surface area contributed by atoms with Gasteiger partial charge < -0.3 is 9.80 Å². The summed E-state index contributed by atoms with van der Waals surface area (Å²) in [4.78, 5) is 21.9. The molecule has 1 aliphatic heterocycles. The number of amides is 1. The van der Waals surface area contributed by atoms with E-state index in [1.165, 1.54) is 5.39 Å². The van der Waals surface area contributed by atoms with E-state index < -0.39 is 0 Å². The van der Waals surface area contributed by atoms with Crippen LogP contribution in [0.3, 0.4) is 0 Å². The number of hydrogen-bond donors (Lipinski definition) is 0. The average molecular weight is 422 g/mol. The summed E-state index contributed by atoms with van der Waals surface area (Å²) < 4.78 is 1.10. The van der Waals surface area contributed by atoms with Crippen molar-refractivity contribution in [3.63, 3.8) is 0 Å². The molecule has 6 heteroatoms. The first-order valence-electron chi connectivity index (χ1n) is 9.73. The number of piperazine rings is 1. The van der Waals surface area contributed by atoms with Crippen LogP contribution in [0.25, 0.3) is 21.0 Å². The topological polar surface area (TPSA) is 36.4 Å². The van der Waals surface area contributed by atoms with Gasteiger partial charge in [-0.15, -0.1) is 0 Å². The van der Waals surface area contributed by atoms with Crippen molar-refractivity contribution in [3.05, 3.63) is 71.2 Å². The minimum absolute atomic E-state index is 0.192. The highest BCUT2D eigenvalue weighted by Gasteiger charge is 2.23. The van der Waals surface area contributed by atoms with Crippen LogP contribution in [0.2, 0.25) is 5.02 Å². The summed E-state index contributed by atoms with van der Waals surface area (Å²) in [6.45, 7) is 3.05. The van der Waals surface area contributed by atoms with Gasteiger partial charge in [0, 0.05) is 31.2 Å². The van der Waals surface area contributed by atoms with Gasteiger partial charge in [0.15, 0.2) is 5.13 Å². The number of hydrogen-bond acceptors (Lipinski definition) is 4. The Hall–Kier alpha value is -2.63. The number of thiazole rings is 1. The second-order valence-corrected chi connectivity index (χ2v) is 8.74. The van der Waals surface area contributed by atoms with E-state index in [0.29, 0.717) is 6.42 Å². The fraction of sp³-hybridized carbons (Fsp3) is 0.217. The minimum atomic E-state index is 0.192. The van der Waals surface area contributed by atoms with Crippen molar-refractivity contribution in [2.75, 3.05) is 31.1 Å². The number of aromatic nitrogens is 1. The van der Waals surface area contributed by atoms with Gasteiger partial charge in [0.05, 0.1) is 16.6 Å². The van der Waals surface area contributed by atoms with E-state index in [0.717, 1.165) is 57.5 Å². The van der Waals surface area contributed by atoms with Crippen molar-refractivity contribution < 1.29 is 4.79 Å². The molecule has 4 aromatic rings. The lowest BCUT2D eigenvalue weighted by molar-refractivity contribution is -0.130. The van der Waals surface area contributed by atoms with Gasteiger partial charge in [-0.3, -0.25) is 4.79 Å². The van der Waals surface area contributed by atoms with Crippen LogP contribution in [0.4, 0.5) is 5.13 Å². The fourth-order valence-corrected chi connectivity index (χ4v) is 5.18. The van der Waals surface area contributed by atoms with E-state index in [1.807, 2.05) is 41.3 Å². The SMILES string of the molecule is O=C(Cc1cccc2ccccc12)N1CCN(c2nc3ccc(Cl)cc3s2)CC1. The van der Waals surface area contributed by atoms with Crippen LogP contribution >= 0.6 is 22.9 Å². The molecule has 3 aromatic carbocycles. The van der Waals surface area contributed by atoms with Gasteiger partial charge in [-0.25, -0.2) is 4.98 Å². The van der Waals surface area contributed by atoms with Crippen molar-refractivity contribution in [2.45, 2.75) is 6.42 Å². The highest BCUT2D eigenvalue weighted by atomic mass is 35.5. The molecule has 0 unspecified atom stereocenters. The molecule has 0 atom stereocenters. The summed E-state index contributed by atoms with van der Waals surface area (Å²) in [6.07, 6.45) is 0.445. The molecule has 1 saturated heterocycles. The molecule has 0 aliphatic carbocycles. The van der Waals surface area contributed by atoms with Gasteiger partial charge in [-0.2, -0.15) is 0 Å². The summed E-state index contributed by atoms with van der Waals surface area (Å²) in [5.41, 5.74) is 2.07. The number of halogens is 1. The van der Waals surface area contributed by atoms with Crippen LogP contribution in [0.5, 0.6) is 0 Å². The van der Waals surface area contributed by atoms with Gasteiger partial charge in [-0.05, 0) is 34.5 Å². The van der Waals surface area contributed by atoms with Crippen LogP contribution < -0.4 is 4.90 Å². The molecule has 0 spiro atoms. The Kier molecular flexibility index (Phi) is 4.86. The summed E-state index contributed by atoms with van der Waals surface area (Å²) >= 11 is 7.75. The second-order valence-electron chi connectivity index (χ2n) is 7.29.